The van der Waals surface area contributed by atoms with Crippen LogP contribution in [0, 0.1) is 0 Å². The summed E-state index contributed by atoms with van der Waals surface area (Å²) in [6, 6.07) is 11.2. The van der Waals surface area contributed by atoms with Crippen molar-refractivity contribution in [3.63, 3.8) is 0 Å². The lowest BCUT2D eigenvalue weighted by atomic mass is 10.1. The number of nitrogens with one attached hydrogen (secondary N) is 1. The van der Waals surface area contributed by atoms with Crippen LogP contribution in [-0.4, -0.2) is 18.1 Å². The zero-order chi connectivity index (χ0) is 14.1. The zero-order valence-electron chi connectivity index (χ0n) is 12.2. The lowest BCUT2D eigenvalue weighted by molar-refractivity contribution is 0.410. The molecule has 1 saturated heterocycles. The summed E-state index contributed by atoms with van der Waals surface area (Å²) < 4.78 is 0. The van der Waals surface area contributed by atoms with Crippen molar-refractivity contribution in [1.82, 2.24) is 10.3 Å². The van der Waals surface area contributed by atoms with Gasteiger partial charge in [-0.1, -0.05) is 24.6 Å². The maximum Gasteiger partial charge on any atom is 0.110 e. The van der Waals surface area contributed by atoms with Crippen molar-refractivity contribution in [2.45, 2.75) is 38.3 Å². The second-order valence-electron chi connectivity index (χ2n) is 5.93. The molecule has 0 amide bonds. The first-order valence-electron chi connectivity index (χ1n) is 7.92. The van der Waals surface area contributed by atoms with Gasteiger partial charge < -0.3 is 10.2 Å². The highest BCUT2D eigenvalue weighted by Gasteiger charge is 2.24. The predicted molar refractivity (Wildman–Crippen MR) is 87.9 cm³/mol. The molecule has 1 fully saturated rings. The number of para-hydroxylation sites is 1. The third-order valence-corrected chi connectivity index (χ3v) is 5.67. The summed E-state index contributed by atoms with van der Waals surface area (Å²) in [4.78, 5) is 8.87. The van der Waals surface area contributed by atoms with Crippen molar-refractivity contribution in [2.75, 3.05) is 18.0 Å². The lowest BCUT2D eigenvalue weighted by Gasteiger charge is -2.28. The highest BCUT2D eigenvalue weighted by atomic mass is 32.1. The third kappa shape index (κ3) is 2.70. The smallest absolute Gasteiger partial charge is 0.110 e. The van der Waals surface area contributed by atoms with Gasteiger partial charge in [-0.15, -0.1) is 11.3 Å². The van der Waals surface area contributed by atoms with E-state index in [4.69, 9.17) is 4.98 Å². The molecule has 21 heavy (non-hydrogen) atoms. The van der Waals surface area contributed by atoms with Crippen LogP contribution in [0.5, 0.6) is 0 Å². The molecular weight excluding hydrogens is 278 g/mol. The number of hydrogen-bond acceptors (Lipinski definition) is 4. The van der Waals surface area contributed by atoms with Gasteiger partial charge in [0.1, 0.15) is 5.01 Å². The Balaban J connectivity index is 1.54. The van der Waals surface area contributed by atoms with Gasteiger partial charge in [0.2, 0.25) is 0 Å². The summed E-state index contributed by atoms with van der Waals surface area (Å²) in [6.07, 6.45) is 4.96. The van der Waals surface area contributed by atoms with Crippen LogP contribution in [0.4, 0.5) is 5.69 Å². The number of anilines is 1. The number of hydrogen-bond donors (Lipinski definition) is 1. The van der Waals surface area contributed by atoms with E-state index in [2.05, 4.69) is 40.5 Å². The number of rotatable bonds is 2. The van der Waals surface area contributed by atoms with E-state index in [0.717, 1.165) is 26.1 Å². The summed E-state index contributed by atoms with van der Waals surface area (Å²) in [6.45, 7) is 3.24. The SMILES string of the molecule is c1ccc(N2CCc3nc(C4CCCCN4)sc3C2)cc1. The van der Waals surface area contributed by atoms with Crippen LogP contribution in [0.2, 0.25) is 0 Å². The van der Waals surface area contributed by atoms with Gasteiger partial charge in [0, 0.05) is 23.5 Å². The highest BCUT2D eigenvalue weighted by molar-refractivity contribution is 7.11. The monoisotopic (exact) mass is 299 g/mol. The van der Waals surface area contributed by atoms with Crippen LogP contribution in [0.3, 0.4) is 0 Å². The fraction of sp³-hybridized carbons (Fsp3) is 0.471. The van der Waals surface area contributed by atoms with Crippen LogP contribution in [0.15, 0.2) is 30.3 Å². The molecule has 4 heteroatoms. The number of fused-ring (bicyclic) bond motifs is 1. The van der Waals surface area contributed by atoms with E-state index in [1.807, 2.05) is 11.3 Å². The molecule has 3 heterocycles. The Labute approximate surface area is 130 Å². The molecule has 0 spiro atoms. The van der Waals surface area contributed by atoms with Crippen LogP contribution < -0.4 is 10.2 Å². The van der Waals surface area contributed by atoms with Gasteiger partial charge in [-0.25, -0.2) is 4.98 Å². The van der Waals surface area contributed by atoms with Crippen LogP contribution >= 0.6 is 11.3 Å². The molecule has 110 valence electrons. The van der Waals surface area contributed by atoms with Crippen molar-refractivity contribution in [3.05, 3.63) is 45.9 Å². The molecule has 2 aliphatic rings. The van der Waals surface area contributed by atoms with E-state index >= 15 is 0 Å². The van der Waals surface area contributed by atoms with E-state index in [1.54, 1.807) is 0 Å². The van der Waals surface area contributed by atoms with Gasteiger partial charge >= 0.3 is 0 Å². The van der Waals surface area contributed by atoms with Gasteiger partial charge in [0.25, 0.3) is 0 Å². The van der Waals surface area contributed by atoms with Crippen LogP contribution in [0.25, 0.3) is 0 Å². The van der Waals surface area contributed by atoms with Crippen molar-refractivity contribution in [2.24, 2.45) is 0 Å². The Morgan fingerprint density at radius 1 is 1.19 bits per heavy atom. The molecule has 1 N–H and O–H groups in total. The number of benzene rings is 1. The average Bonchev–Trinajstić information content (AvgIpc) is 2.99. The molecule has 0 saturated carbocycles. The minimum atomic E-state index is 0.500. The molecular formula is C17H21N3S. The fourth-order valence-electron chi connectivity index (χ4n) is 3.29. The van der Waals surface area contributed by atoms with Gasteiger partial charge in [0.05, 0.1) is 18.3 Å². The minimum absolute atomic E-state index is 0.500. The van der Waals surface area contributed by atoms with E-state index in [1.165, 1.54) is 40.5 Å². The Hall–Kier alpha value is -1.39. The van der Waals surface area contributed by atoms with Crippen molar-refractivity contribution >= 4 is 17.0 Å². The number of thiazole rings is 1. The number of nitrogens with zero attached hydrogens (tertiary/aromatic N) is 2. The molecule has 3 nitrogen and oxygen atoms in total. The summed E-state index contributed by atoms with van der Waals surface area (Å²) in [5.74, 6) is 0. The normalized spacial score (nSPS) is 22.1. The van der Waals surface area contributed by atoms with E-state index < -0.39 is 0 Å². The summed E-state index contributed by atoms with van der Waals surface area (Å²) in [5, 5.41) is 4.94. The van der Waals surface area contributed by atoms with Crippen LogP contribution in [-0.2, 0) is 13.0 Å². The predicted octanol–water partition coefficient (Wildman–Crippen LogP) is 3.52. The largest absolute Gasteiger partial charge is 0.366 e. The lowest BCUT2D eigenvalue weighted by Crippen LogP contribution is -2.29. The maximum absolute atomic E-state index is 4.93. The van der Waals surface area contributed by atoms with Gasteiger partial charge in [0.15, 0.2) is 0 Å². The molecule has 4 rings (SSSR count). The molecule has 1 aromatic heterocycles. The molecule has 0 bridgehead atoms. The van der Waals surface area contributed by atoms with E-state index in [0.29, 0.717) is 6.04 Å². The van der Waals surface area contributed by atoms with Gasteiger partial charge in [-0.2, -0.15) is 0 Å². The third-order valence-electron chi connectivity index (χ3n) is 4.48. The molecule has 2 aromatic rings. The number of piperidine rings is 1. The first-order chi connectivity index (χ1) is 10.4. The second-order valence-corrected chi connectivity index (χ2v) is 7.05. The first kappa shape index (κ1) is 13.3. The minimum Gasteiger partial charge on any atom is -0.366 e. The molecule has 2 aliphatic heterocycles. The quantitative estimate of drug-likeness (QED) is 0.919. The summed E-state index contributed by atoms with van der Waals surface area (Å²) in [5.41, 5.74) is 2.67. The molecule has 0 aliphatic carbocycles. The topological polar surface area (TPSA) is 28.2 Å². The first-order valence-corrected chi connectivity index (χ1v) is 8.73. The molecule has 1 aromatic carbocycles. The summed E-state index contributed by atoms with van der Waals surface area (Å²) >= 11 is 1.92. The van der Waals surface area contributed by atoms with E-state index in [-0.39, 0.29) is 0 Å². The van der Waals surface area contributed by atoms with Crippen molar-refractivity contribution in [1.29, 1.82) is 0 Å². The molecule has 0 radical (unpaired) electrons. The van der Waals surface area contributed by atoms with Crippen LogP contribution in [0.1, 0.15) is 40.9 Å². The Bertz CT molecular complexity index is 602. The average molecular weight is 299 g/mol. The Kier molecular flexibility index (Phi) is 3.65. The van der Waals surface area contributed by atoms with Gasteiger partial charge in [-0.3, -0.25) is 0 Å². The highest BCUT2D eigenvalue weighted by Crippen LogP contribution is 2.33. The fourth-order valence-corrected chi connectivity index (χ4v) is 4.52. The standard InChI is InChI=1S/C17H21N3S/c1-2-6-13(7-3-1)20-11-9-14-16(12-20)21-17(19-14)15-8-4-5-10-18-15/h1-3,6-7,15,18H,4-5,8-12H2. The molecule has 1 atom stereocenters. The Morgan fingerprint density at radius 3 is 2.90 bits per heavy atom. The van der Waals surface area contributed by atoms with Crippen molar-refractivity contribution < 1.29 is 0 Å². The summed E-state index contributed by atoms with van der Waals surface area (Å²) in [7, 11) is 0. The zero-order valence-corrected chi connectivity index (χ0v) is 13.0. The Morgan fingerprint density at radius 2 is 2.10 bits per heavy atom. The van der Waals surface area contributed by atoms with Crippen molar-refractivity contribution in [3.8, 4) is 0 Å². The molecule has 1 unspecified atom stereocenters. The van der Waals surface area contributed by atoms with Gasteiger partial charge in [-0.05, 0) is 31.5 Å². The number of aromatic nitrogens is 1. The second kappa shape index (κ2) is 5.78. The maximum atomic E-state index is 4.93. The van der Waals surface area contributed by atoms with E-state index in [9.17, 15) is 0 Å².